The predicted molar refractivity (Wildman–Crippen MR) is 60.2 cm³/mol. The zero-order chi connectivity index (χ0) is 9.97. The summed E-state index contributed by atoms with van der Waals surface area (Å²) in [6.45, 7) is 2.74. The molecule has 0 saturated carbocycles. The Morgan fingerprint density at radius 2 is 2.43 bits per heavy atom. The Bertz CT molecular complexity index is 345. The van der Waals surface area contributed by atoms with E-state index in [1.807, 2.05) is 6.21 Å². The molecule has 0 aromatic carbocycles. The largest absolute Gasteiger partial charge is 0.327 e. The minimum absolute atomic E-state index is 0.549. The first-order chi connectivity index (χ1) is 6.81. The standard InChI is InChI=1S/C12H16N2/c1-9-12(6-7-14-9)11-4-2-10(8-13)3-5-11/h2-4,7,11H,5-6,8,13H2,1H3. The van der Waals surface area contributed by atoms with E-state index >= 15 is 0 Å². The molecule has 2 N–H and O–H groups in total. The van der Waals surface area contributed by atoms with Crippen LogP contribution in [0.4, 0.5) is 0 Å². The van der Waals surface area contributed by atoms with Gasteiger partial charge in [0.25, 0.3) is 0 Å². The molecule has 0 radical (unpaired) electrons. The average Bonchev–Trinajstić information content (AvgIpc) is 2.65. The summed E-state index contributed by atoms with van der Waals surface area (Å²) in [6, 6.07) is 0. The number of aliphatic imine (C=N–C) groups is 1. The van der Waals surface area contributed by atoms with Crippen molar-refractivity contribution >= 4 is 6.21 Å². The van der Waals surface area contributed by atoms with Crippen LogP contribution in [-0.4, -0.2) is 12.8 Å². The number of allylic oxidation sites excluding steroid dienone is 4. The second-order valence-electron chi connectivity index (χ2n) is 3.81. The molecule has 2 aliphatic rings. The van der Waals surface area contributed by atoms with E-state index in [9.17, 15) is 0 Å². The Balaban J connectivity index is 2.08. The van der Waals surface area contributed by atoms with Gasteiger partial charge in [-0.1, -0.05) is 18.2 Å². The first-order valence-corrected chi connectivity index (χ1v) is 5.10. The van der Waals surface area contributed by atoms with Crippen molar-refractivity contribution in [3.05, 3.63) is 35.1 Å². The molecule has 0 bridgehead atoms. The molecule has 14 heavy (non-hydrogen) atoms. The van der Waals surface area contributed by atoms with Gasteiger partial charge in [-0.05, 0) is 24.5 Å². The summed E-state index contributed by atoms with van der Waals surface area (Å²) in [4.78, 5) is 4.31. The van der Waals surface area contributed by atoms with Crippen LogP contribution in [0.15, 0.2) is 40.1 Å². The smallest absolute Gasteiger partial charge is 0.0370 e. The lowest BCUT2D eigenvalue weighted by Gasteiger charge is -2.17. The topological polar surface area (TPSA) is 38.4 Å². The zero-order valence-corrected chi connectivity index (χ0v) is 8.53. The van der Waals surface area contributed by atoms with Crippen LogP contribution in [0.5, 0.6) is 0 Å². The van der Waals surface area contributed by atoms with Gasteiger partial charge in [-0.15, -0.1) is 0 Å². The Labute approximate surface area is 84.9 Å². The molecule has 0 fully saturated rings. The molecule has 2 heteroatoms. The normalized spacial score (nSPS) is 25.9. The van der Waals surface area contributed by atoms with Crippen molar-refractivity contribution < 1.29 is 0 Å². The lowest BCUT2D eigenvalue weighted by atomic mass is 9.88. The zero-order valence-electron chi connectivity index (χ0n) is 8.53. The van der Waals surface area contributed by atoms with Crippen LogP contribution in [-0.2, 0) is 0 Å². The molecule has 0 saturated heterocycles. The molecule has 0 aromatic rings. The van der Waals surface area contributed by atoms with Crippen LogP contribution in [0.25, 0.3) is 0 Å². The predicted octanol–water partition coefficient (Wildman–Crippen LogP) is 2.20. The van der Waals surface area contributed by atoms with Crippen LogP contribution < -0.4 is 5.73 Å². The van der Waals surface area contributed by atoms with E-state index in [1.165, 1.54) is 16.8 Å². The molecule has 2 rings (SSSR count). The first kappa shape index (κ1) is 9.41. The molecule has 1 heterocycles. The van der Waals surface area contributed by atoms with Gasteiger partial charge in [0.05, 0.1) is 0 Å². The van der Waals surface area contributed by atoms with E-state index in [2.05, 4.69) is 30.1 Å². The van der Waals surface area contributed by atoms with Crippen molar-refractivity contribution in [2.24, 2.45) is 16.6 Å². The molecule has 1 unspecified atom stereocenters. The minimum Gasteiger partial charge on any atom is -0.327 e. The van der Waals surface area contributed by atoms with E-state index in [0.29, 0.717) is 12.5 Å². The highest BCUT2D eigenvalue weighted by atomic mass is 14.7. The van der Waals surface area contributed by atoms with Crippen LogP contribution in [0.1, 0.15) is 19.8 Å². The van der Waals surface area contributed by atoms with Crippen LogP contribution in [0.2, 0.25) is 0 Å². The highest BCUT2D eigenvalue weighted by Crippen LogP contribution is 2.30. The number of rotatable bonds is 2. The van der Waals surface area contributed by atoms with Gasteiger partial charge in [0.1, 0.15) is 0 Å². The lowest BCUT2D eigenvalue weighted by Crippen LogP contribution is -2.08. The molecular weight excluding hydrogens is 172 g/mol. The van der Waals surface area contributed by atoms with Crippen molar-refractivity contribution in [3.8, 4) is 0 Å². The third-order valence-electron chi connectivity index (χ3n) is 2.92. The van der Waals surface area contributed by atoms with Crippen LogP contribution in [0, 0.1) is 5.92 Å². The summed E-state index contributed by atoms with van der Waals surface area (Å²) >= 11 is 0. The first-order valence-electron chi connectivity index (χ1n) is 5.10. The molecular formula is C12H16N2. The van der Waals surface area contributed by atoms with Crippen molar-refractivity contribution in [2.75, 3.05) is 6.54 Å². The summed E-state index contributed by atoms with van der Waals surface area (Å²) in [6.07, 6.45) is 10.7. The van der Waals surface area contributed by atoms with Crippen molar-refractivity contribution in [1.29, 1.82) is 0 Å². The Kier molecular flexibility index (Phi) is 2.64. The average molecular weight is 188 g/mol. The molecule has 0 amide bonds. The molecule has 74 valence electrons. The number of nitrogens with zero attached hydrogens (tertiary/aromatic N) is 1. The maximum absolute atomic E-state index is 5.57. The summed E-state index contributed by atoms with van der Waals surface area (Å²) in [5, 5.41) is 0. The van der Waals surface area contributed by atoms with E-state index in [1.54, 1.807) is 0 Å². The molecule has 1 atom stereocenters. The third-order valence-corrected chi connectivity index (χ3v) is 2.92. The fourth-order valence-corrected chi connectivity index (χ4v) is 2.01. The van der Waals surface area contributed by atoms with Crippen molar-refractivity contribution in [3.63, 3.8) is 0 Å². The number of hydrogen-bond acceptors (Lipinski definition) is 2. The fourth-order valence-electron chi connectivity index (χ4n) is 2.01. The highest BCUT2D eigenvalue weighted by molar-refractivity contribution is 5.67. The summed E-state index contributed by atoms with van der Waals surface area (Å²) in [5.41, 5.74) is 9.49. The molecule has 0 spiro atoms. The minimum atomic E-state index is 0.549. The number of nitrogens with two attached hydrogens (primary N) is 1. The molecule has 0 aromatic heterocycles. The van der Waals surface area contributed by atoms with E-state index in [4.69, 9.17) is 5.73 Å². The van der Waals surface area contributed by atoms with Gasteiger partial charge >= 0.3 is 0 Å². The van der Waals surface area contributed by atoms with Gasteiger partial charge in [0.2, 0.25) is 0 Å². The quantitative estimate of drug-likeness (QED) is 0.708. The SMILES string of the molecule is CC1=C(C2C=CC(CN)=CC2)CC=N1. The van der Waals surface area contributed by atoms with Gasteiger partial charge < -0.3 is 5.73 Å². The summed E-state index contributed by atoms with van der Waals surface area (Å²) in [5.74, 6) is 0.549. The van der Waals surface area contributed by atoms with Gasteiger partial charge in [-0.25, -0.2) is 0 Å². The van der Waals surface area contributed by atoms with Gasteiger partial charge in [0.15, 0.2) is 0 Å². The van der Waals surface area contributed by atoms with Crippen molar-refractivity contribution in [1.82, 2.24) is 0 Å². The van der Waals surface area contributed by atoms with Crippen LogP contribution >= 0.6 is 0 Å². The van der Waals surface area contributed by atoms with Gasteiger partial charge in [-0.3, -0.25) is 4.99 Å². The Morgan fingerprint density at radius 3 is 2.93 bits per heavy atom. The second-order valence-corrected chi connectivity index (χ2v) is 3.81. The third kappa shape index (κ3) is 1.70. The number of hydrogen-bond donors (Lipinski definition) is 1. The molecule has 1 aliphatic heterocycles. The summed E-state index contributed by atoms with van der Waals surface area (Å²) < 4.78 is 0. The maximum atomic E-state index is 5.57. The van der Waals surface area contributed by atoms with E-state index in [0.717, 1.165) is 12.8 Å². The van der Waals surface area contributed by atoms with Crippen LogP contribution in [0.3, 0.4) is 0 Å². The molecule has 1 aliphatic carbocycles. The summed E-state index contributed by atoms with van der Waals surface area (Å²) in [7, 11) is 0. The molecule has 2 nitrogen and oxygen atoms in total. The van der Waals surface area contributed by atoms with E-state index < -0.39 is 0 Å². The maximum Gasteiger partial charge on any atom is 0.0370 e. The lowest BCUT2D eigenvalue weighted by molar-refractivity contribution is 0.741. The highest BCUT2D eigenvalue weighted by Gasteiger charge is 2.17. The van der Waals surface area contributed by atoms with Gasteiger partial charge in [0, 0.05) is 30.8 Å². The monoisotopic (exact) mass is 188 g/mol. The second kappa shape index (κ2) is 3.93. The fraction of sp³-hybridized carbons (Fsp3) is 0.417. The van der Waals surface area contributed by atoms with Gasteiger partial charge in [-0.2, -0.15) is 0 Å². The van der Waals surface area contributed by atoms with Crippen molar-refractivity contribution in [2.45, 2.75) is 19.8 Å². The van der Waals surface area contributed by atoms with E-state index in [-0.39, 0.29) is 0 Å². The Hall–Kier alpha value is -1.15. The Morgan fingerprint density at radius 1 is 1.57 bits per heavy atom.